The number of phosphoric acid groups is 2. The zero-order valence-electron chi connectivity index (χ0n) is 66.1. The van der Waals surface area contributed by atoms with Gasteiger partial charge in [-0.05, 0) is 31.6 Å². The molecule has 0 saturated carbocycles. The number of esters is 4. The molecule has 0 aromatic rings. The number of ether oxygens (including phenoxy) is 4. The Morgan fingerprint density at radius 1 is 0.267 bits per heavy atom. The van der Waals surface area contributed by atoms with Crippen molar-refractivity contribution < 1.29 is 80.2 Å². The highest BCUT2D eigenvalue weighted by atomic mass is 31.2. The number of hydrogen-bond acceptors (Lipinski definition) is 15. The summed E-state index contributed by atoms with van der Waals surface area (Å²) in [5, 5.41) is 10.6. The topological polar surface area (TPSA) is 237 Å². The van der Waals surface area contributed by atoms with Gasteiger partial charge in [-0.25, -0.2) is 9.13 Å². The van der Waals surface area contributed by atoms with Crippen molar-refractivity contribution >= 4 is 39.5 Å². The smallest absolute Gasteiger partial charge is 0.462 e. The monoisotopic (exact) mass is 1480 g/mol. The summed E-state index contributed by atoms with van der Waals surface area (Å²) in [5.74, 6) is -1.42. The largest absolute Gasteiger partial charge is 0.472 e. The first kappa shape index (κ1) is 99.1. The summed E-state index contributed by atoms with van der Waals surface area (Å²) in [6.07, 6.45) is 67.1. The maximum atomic E-state index is 13.1. The minimum atomic E-state index is -4.96. The van der Waals surface area contributed by atoms with Crippen LogP contribution in [0, 0.1) is 5.92 Å². The van der Waals surface area contributed by atoms with E-state index in [1.807, 2.05) is 0 Å². The molecule has 0 saturated heterocycles. The van der Waals surface area contributed by atoms with Gasteiger partial charge in [0, 0.05) is 25.7 Å². The van der Waals surface area contributed by atoms with Crippen molar-refractivity contribution in [1.29, 1.82) is 0 Å². The Morgan fingerprint density at radius 2 is 0.455 bits per heavy atom. The number of carbonyl (C=O) groups excluding carboxylic acids is 4. The molecule has 101 heavy (non-hydrogen) atoms. The number of aliphatic hydroxyl groups is 1. The first-order valence-corrected chi connectivity index (χ1v) is 45.6. The van der Waals surface area contributed by atoms with Crippen LogP contribution < -0.4 is 0 Å². The van der Waals surface area contributed by atoms with Crippen LogP contribution in [-0.4, -0.2) is 96.7 Å². The molecule has 0 fully saturated rings. The van der Waals surface area contributed by atoms with E-state index in [2.05, 4.69) is 34.6 Å². The molecule has 5 atom stereocenters. The van der Waals surface area contributed by atoms with E-state index in [-0.39, 0.29) is 25.7 Å². The zero-order valence-corrected chi connectivity index (χ0v) is 67.8. The average molecular weight is 1480 g/mol. The van der Waals surface area contributed by atoms with Crippen molar-refractivity contribution in [2.24, 2.45) is 5.92 Å². The fourth-order valence-electron chi connectivity index (χ4n) is 12.8. The van der Waals surface area contributed by atoms with Gasteiger partial charge >= 0.3 is 39.5 Å². The van der Waals surface area contributed by atoms with E-state index < -0.39 is 97.5 Å². The Balaban J connectivity index is 5.16. The molecule has 0 aliphatic heterocycles. The van der Waals surface area contributed by atoms with E-state index in [1.165, 1.54) is 263 Å². The minimum Gasteiger partial charge on any atom is -0.462 e. The number of rotatable bonds is 82. The zero-order chi connectivity index (χ0) is 74.1. The van der Waals surface area contributed by atoms with Gasteiger partial charge < -0.3 is 33.8 Å². The van der Waals surface area contributed by atoms with E-state index in [4.69, 9.17) is 37.0 Å². The molecule has 0 spiro atoms. The van der Waals surface area contributed by atoms with Crippen LogP contribution in [0.2, 0.25) is 0 Å². The van der Waals surface area contributed by atoms with Crippen molar-refractivity contribution in [3.05, 3.63) is 0 Å². The van der Waals surface area contributed by atoms with Gasteiger partial charge in [0.15, 0.2) is 12.2 Å². The van der Waals surface area contributed by atoms with Gasteiger partial charge in [-0.2, -0.15) is 0 Å². The van der Waals surface area contributed by atoms with E-state index in [0.29, 0.717) is 31.6 Å². The van der Waals surface area contributed by atoms with Crippen LogP contribution in [0.25, 0.3) is 0 Å². The van der Waals surface area contributed by atoms with Crippen LogP contribution in [0.1, 0.15) is 439 Å². The molecule has 600 valence electrons. The molecule has 2 unspecified atom stereocenters. The highest BCUT2D eigenvalue weighted by molar-refractivity contribution is 7.47. The summed E-state index contributed by atoms with van der Waals surface area (Å²) in [6.45, 7) is 7.24. The van der Waals surface area contributed by atoms with Crippen LogP contribution >= 0.6 is 15.6 Å². The summed E-state index contributed by atoms with van der Waals surface area (Å²) < 4.78 is 68.6. The van der Waals surface area contributed by atoms with E-state index in [9.17, 15) is 43.2 Å². The van der Waals surface area contributed by atoms with E-state index >= 15 is 0 Å². The predicted octanol–water partition coefficient (Wildman–Crippen LogP) is 24.8. The second-order valence-corrected chi connectivity index (χ2v) is 32.9. The number of hydrogen-bond donors (Lipinski definition) is 3. The maximum Gasteiger partial charge on any atom is 0.472 e. The van der Waals surface area contributed by atoms with E-state index in [1.54, 1.807) is 0 Å². The molecule has 0 aromatic heterocycles. The third kappa shape index (κ3) is 76.1. The molecule has 0 amide bonds. The second kappa shape index (κ2) is 74.9. The van der Waals surface area contributed by atoms with Crippen molar-refractivity contribution in [3.8, 4) is 0 Å². The molecule has 3 N–H and O–H groups in total. The number of unbranched alkanes of at least 4 members (excludes halogenated alkanes) is 54. The van der Waals surface area contributed by atoms with Crippen molar-refractivity contribution in [3.63, 3.8) is 0 Å². The molecule has 17 nitrogen and oxygen atoms in total. The molecule has 0 radical (unpaired) electrons. The molecule has 19 heteroatoms. The predicted molar refractivity (Wildman–Crippen MR) is 414 cm³/mol. The Labute approximate surface area is 619 Å². The van der Waals surface area contributed by atoms with Crippen molar-refractivity contribution in [2.45, 2.75) is 457 Å². The standard InChI is InChI=1S/C82H160O17P2/c1-6-9-12-15-18-21-23-25-27-29-31-33-35-37-39-41-43-46-51-56-61-66-80(85)93-71-77(98-81(86)67-62-57-52-47-44-42-40-38-36-34-32-30-28-26-24-22-19-16-13-10-7-2)73-96-100(88,89)94-69-76(83)70-95-101(90,91)97-74-78(72-92-79(84)65-60-55-50-45-20-17-14-11-8-3)99-82(87)68-63-58-53-48-49-54-59-64-75(4)5/h75-78,83H,6-74H2,1-5H3,(H,88,89)(H,90,91)/t76-,77-,78-/m1/s1. The van der Waals surface area contributed by atoms with Gasteiger partial charge in [0.2, 0.25) is 0 Å². The fraction of sp³-hybridized carbons (Fsp3) is 0.951. The number of aliphatic hydroxyl groups excluding tert-OH is 1. The SMILES string of the molecule is CCCCCCCCCCCCCCCCCCCCCCCC(=O)OC[C@H](COP(=O)(O)OC[C@@H](O)COP(=O)(O)OC[C@@H](COC(=O)CCCCCCCCCCC)OC(=O)CCCCCCCCCC(C)C)OC(=O)CCCCCCCCCCCCCCCCCCCCCCC. The van der Waals surface area contributed by atoms with E-state index in [0.717, 1.165) is 89.9 Å². The summed E-state index contributed by atoms with van der Waals surface area (Å²) >= 11 is 0. The maximum absolute atomic E-state index is 13.1. The van der Waals surface area contributed by atoms with Crippen LogP contribution in [0.15, 0.2) is 0 Å². The Hall–Kier alpha value is -1.94. The highest BCUT2D eigenvalue weighted by Gasteiger charge is 2.30. The molecular weight excluding hydrogens is 1320 g/mol. The Kier molecular flexibility index (Phi) is 73.5. The van der Waals surface area contributed by atoms with Crippen LogP contribution in [0.5, 0.6) is 0 Å². The lowest BCUT2D eigenvalue weighted by atomic mass is 10.0. The van der Waals surface area contributed by atoms with Crippen LogP contribution in [0.4, 0.5) is 0 Å². The molecular formula is C82H160O17P2. The van der Waals surface area contributed by atoms with Gasteiger partial charge in [-0.3, -0.25) is 37.3 Å². The average Bonchev–Trinajstić information content (AvgIpc) is 1.10. The van der Waals surface area contributed by atoms with Crippen molar-refractivity contribution in [2.75, 3.05) is 39.6 Å². The highest BCUT2D eigenvalue weighted by Crippen LogP contribution is 2.45. The summed E-state index contributed by atoms with van der Waals surface area (Å²) in [5.41, 5.74) is 0. The third-order valence-corrected chi connectivity index (χ3v) is 21.2. The van der Waals surface area contributed by atoms with Gasteiger partial charge in [0.05, 0.1) is 26.4 Å². The lowest BCUT2D eigenvalue weighted by molar-refractivity contribution is -0.161. The molecule has 0 heterocycles. The molecule has 0 aliphatic rings. The molecule has 0 aromatic carbocycles. The number of carbonyl (C=O) groups is 4. The quantitative estimate of drug-likeness (QED) is 0.0222. The first-order valence-electron chi connectivity index (χ1n) is 42.6. The van der Waals surface area contributed by atoms with Crippen LogP contribution in [-0.2, 0) is 65.4 Å². The normalized spacial score (nSPS) is 13.8. The summed E-state index contributed by atoms with van der Waals surface area (Å²) in [6, 6.07) is 0. The lowest BCUT2D eigenvalue weighted by Crippen LogP contribution is -2.30. The second-order valence-electron chi connectivity index (χ2n) is 30.0. The molecule has 0 aliphatic carbocycles. The molecule has 0 rings (SSSR count). The van der Waals surface area contributed by atoms with Crippen LogP contribution in [0.3, 0.4) is 0 Å². The first-order chi connectivity index (χ1) is 49.0. The fourth-order valence-corrected chi connectivity index (χ4v) is 14.3. The van der Waals surface area contributed by atoms with Gasteiger partial charge in [0.1, 0.15) is 19.3 Å². The molecule has 0 bridgehead atoms. The Bertz CT molecular complexity index is 1930. The summed E-state index contributed by atoms with van der Waals surface area (Å²) in [4.78, 5) is 72.9. The third-order valence-electron chi connectivity index (χ3n) is 19.3. The van der Waals surface area contributed by atoms with Crippen molar-refractivity contribution in [1.82, 2.24) is 0 Å². The van der Waals surface area contributed by atoms with Gasteiger partial charge in [0.25, 0.3) is 0 Å². The van der Waals surface area contributed by atoms with Gasteiger partial charge in [-0.15, -0.1) is 0 Å². The van der Waals surface area contributed by atoms with Gasteiger partial charge in [-0.1, -0.05) is 388 Å². The lowest BCUT2D eigenvalue weighted by Gasteiger charge is -2.21. The summed E-state index contributed by atoms with van der Waals surface area (Å²) in [7, 11) is -9.91. The Morgan fingerprint density at radius 3 is 0.673 bits per heavy atom. The number of phosphoric ester groups is 2. The minimum absolute atomic E-state index is 0.104.